The van der Waals surface area contributed by atoms with E-state index in [4.69, 9.17) is 0 Å². The van der Waals surface area contributed by atoms with Crippen LogP contribution in [0, 0.1) is 13.8 Å². The second kappa shape index (κ2) is 4.49. The van der Waals surface area contributed by atoms with Gasteiger partial charge in [-0.1, -0.05) is 22.6 Å². The van der Waals surface area contributed by atoms with Crippen molar-refractivity contribution < 1.29 is 5.11 Å². The third-order valence-corrected chi connectivity index (χ3v) is 3.53. The van der Waals surface area contributed by atoms with Gasteiger partial charge in [0, 0.05) is 27.6 Å². The average Bonchev–Trinajstić information content (AvgIpc) is 2.57. The topological polar surface area (TPSA) is 25.2 Å². The smallest absolute Gasteiger partial charge is 0.117 e. The first-order chi connectivity index (χ1) is 7.61. The lowest BCUT2D eigenvalue weighted by Gasteiger charge is -2.11. The monoisotopic (exact) mass is 327 g/mol. The Hall–Kier alpha value is -0.970. The Kier molecular flexibility index (Phi) is 3.23. The molecule has 0 saturated carbocycles. The zero-order chi connectivity index (χ0) is 11.7. The molecule has 1 heterocycles. The fourth-order valence-electron chi connectivity index (χ4n) is 1.94. The third-order valence-electron chi connectivity index (χ3n) is 2.65. The van der Waals surface area contributed by atoms with Gasteiger partial charge in [0.05, 0.1) is 0 Å². The summed E-state index contributed by atoms with van der Waals surface area (Å²) < 4.78 is 3.05. The van der Waals surface area contributed by atoms with Crippen LogP contribution in [-0.2, 0) is 4.43 Å². The van der Waals surface area contributed by atoms with Gasteiger partial charge in [-0.2, -0.15) is 0 Å². The minimum Gasteiger partial charge on any atom is -0.508 e. The molecular formula is C13H14INO. The summed E-state index contributed by atoms with van der Waals surface area (Å²) in [6.07, 6.45) is 0. The Morgan fingerprint density at radius 2 is 1.75 bits per heavy atom. The summed E-state index contributed by atoms with van der Waals surface area (Å²) in [5.41, 5.74) is 4.54. The number of phenolic OH excluding ortho intramolecular Hbond substituents is 1. The molecule has 1 aromatic heterocycles. The van der Waals surface area contributed by atoms with Crippen LogP contribution in [0.4, 0.5) is 0 Å². The normalized spacial score (nSPS) is 10.7. The third kappa shape index (κ3) is 2.09. The summed E-state index contributed by atoms with van der Waals surface area (Å²) in [5, 5.41) is 9.69. The van der Waals surface area contributed by atoms with Crippen molar-refractivity contribution >= 4 is 22.6 Å². The SMILES string of the molecule is Cc1ccc(C)n1-c1cc(O)cc(CI)c1. The van der Waals surface area contributed by atoms with E-state index in [9.17, 15) is 5.11 Å². The van der Waals surface area contributed by atoms with Crippen LogP contribution in [0.3, 0.4) is 0 Å². The van der Waals surface area contributed by atoms with Crippen molar-refractivity contribution in [3.8, 4) is 11.4 Å². The molecule has 2 nitrogen and oxygen atoms in total. The highest BCUT2D eigenvalue weighted by molar-refractivity contribution is 14.1. The van der Waals surface area contributed by atoms with Crippen LogP contribution in [0.5, 0.6) is 5.75 Å². The van der Waals surface area contributed by atoms with E-state index in [1.807, 2.05) is 6.07 Å². The Bertz CT molecular complexity index is 497. The standard InChI is InChI=1S/C13H14INO/c1-9-3-4-10(2)15(9)12-5-11(8-14)6-13(16)7-12/h3-7,16H,8H2,1-2H3. The van der Waals surface area contributed by atoms with Gasteiger partial charge in [-0.05, 0) is 43.7 Å². The number of nitrogens with zero attached hydrogens (tertiary/aromatic N) is 1. The second-order valence-corrected chi connectivity index (χ2v) is 4.71. The molecule has 2 rings (SSSR count). The molecule has 16 heavy (non-hydrogen) atoms. The molecule has 0 aliphatic carbocycles. The van der Waals surface area contributed by atoms with Gasteiger partial charge in [-0.3, -0.25) is 0 Å². The summed E-state index contributed by atoms with van der Waals surface area (Å²) in [7, 11) is 0. The molecular weight excluding hydrogens is 313 g/mol. The Labute approximate surface area is 109 Å². The molecule has 0 saturated heterocycles. The highest BCUT2D eigenvalue weighted by atomic mass is 127. The average molecular weight is 327 g/mol. The van der Waals surface area contributed by atoms with Gasteiger partial charge in [-0.15, -0.1) is 0 Å². The summed E-state index contributed by atoms with van der Waals surface area (Å²) in [5.74, 6) is 0.330. The first-order valence-corrected chi connectivity index (χ1v) is 6.68. The molecule has 0 bridgehead atoms. The molecule has 0 radical (unpaired) electrons. The van der Waals surface area contributed by atoms with Gasteiger partial charge in [0.15, 0.2) is 0 Å². The van der Waals surface area contributed by atoms with Crippen molar-refractivity contribution in [3.05, 3.63) is 47.3 Å². The Morgan fingerprint density at radius 1 is 1.12 bits per heavy atom. The van der Waals surface area contributed by atoms with Crippen molar-refractivity contribution in [2.45, 2.75) is 18.3 Å². The van der Waals surface area contributed by atoms with E-state index in [2.05, 4.69) is 59.2 Å². The maximum absolute atomic E-state index is 9.69. The molecule has 0 aliphatic rings. The Morgan fingerprint density at radius 3 is 2.31 bits per heavy atom. The molecule has 0 amide bonds. The maximum Gasteiger partial charge on any atom is 0.117 e. The number of aromatic hydroxyl groups is 1. The number of phenols is 1. The van der Waals surface area contributed by atoms with Crippen molar-refractivity contribution in [1.82, 2.24) is 4.57 Å². The molecule has 1 N–H and O–H groups in total. The molecule has 0 spiro atoms. The minimum absolute atomic E-state index is 0.330. The van der Waals surface area contributed by atoms with E-state index in [-0.39, 0.29) is 0 Å². The van der Waals surface area contributed by atoms with Crippen molar-refractivity contribution in [2.75, 3.05) is 0 Å². The van der Waals surface area contributed by atoms with Gasteiger partial charge >= 0.3 is 0 Å². The zero-order valence-electron chi connectivity index (χ0n) is 9.37. The predicted octanol–water partition coefficient (Wildman–Crippen LogP) is 3.73. The predicted molar refractivity (Wildman–Crippen MR) is 74.6 cm³/mol. The van der Waals surface area contributed by atoms with Crippen LogP contribution in [0.15, 0.2) is 30.3 Å². The van der Waals surface area contributed by atoms with E-state index in [1.165, 1.54) is 11.4 Å². The molecule has 1 aromatic carbocycles. The number of hydrogen-bond acceptors (Lipinski definition) is 1. The molecule has 0 aliphatic heterocycles. The van der Waals surface area contributed by atoms with Crippen LogP contribution in [0.1, 0.15) is 17.0 Å². The van der Waals surface area contributed by atoms with Gasteiger partial charge in [-0.25, -0.2) is 0 Å². The van der Waals surface area contributed by atoms with Gasteiger partial charge < -0.3 is 9.67 Å². The first kappa shape index (κ1) is 11.5. The minimum atomic E-state index is 0.330. The van der Waals surface area contributed by atoms with Gasteiger partial charge in [0.2, 0.25) is 0 Å². The number of rotatable bonds is 2. The molecule has 0 unspecified atom stereocenters. The van der Waals surface area contributed by atoms with Crippen LogP contribution < -0.4 is 0 Å². The second-order valence-electron chi connectivity index (χ2n) is 3.94. The quantitative estimate of drug-likeness (QED) is 0.660. The van der Waals surface area contributed by atoms with Gasteiger partial charge in [0.1, 0.15) is 5.75 Å². The summed E-state index contributed by atoms with van der Waals surface area (Å²) in [6, 6.07) is 9.90. The first-order valence-electron chi connectivity index (χ1n) is 5.16. The lowest BCUT2D eigenvalue weighted by Crippen LogP contribution is -1.99. The van der Waals surface area contributed by atoms with E-state index < -0.39 is 0 Å². The number of benzene rings is 1. The fraction of sp³-hybridized carbons (Fsp3) is 0.231. The van der Waals surface area contributed by atoms with Gasteiger partial charge in [0.25, 0.3) is 0 Å². The lowest BCUT2D eigenvalue weighted by atomic mass is 10.2. The largest absolute Gasteiger partial charge is 0.508 e. The van der Waals surface area contributed by atoms with E-state index in [1.54, 1.807) is 6.07 Å². The number of alkyl halides is 1. The molecule has 84 valence electrons. The molecule has 3 heteroatoms. The maximum atomic E-state index is 9.69. The number of halogens is 1. The lowest BCUT2D eigenvalue weighted by molar-refractivity contribution is 0.474. The summed E-state index contributed by atoms with van der Waals surface area (Å²) in [4.78, 5) is 0. The summed E-state index contributed by atoms with van der Waals surface area (Å²) >= 11 is 2.30. The van der Waals surface area contributed by atoms with Crippen LogP contribution in [-0.4, -0.2) is 9.67 Å². The van der Waals surface area contributed by atoms with Crippen LogP contribution in [0.2, 0.25) is 0 Å². The van der Waals surface area contributed by atoms with E-state index >= 15 is 0 Å². The highest BCUT2D eigenvalue weighted by Crippen LogP contribution is 2.23. The van der Waals surface area contributed by atoms with Crippen molar-refractivity contribution in [2.24, 2.45) is 0 Å². The zero-order valence-corrected chi connectivity index (χ0v) is 11.5. The van der Waals surface area contributed by atoms with E-state index in [0.717, 1.165) is 15.7 Å². The molecule has 0 fully saturated rings. The summed E-state index contributed by atoms with van der Waals surface area (Å²) in [6.45, 7) is 4.14. The number of aryl methyl sites for hydroxylation is 2. The van der Waals surface area contributed by atoms with E-state index in [0.29, 0.717) is 5.75 Å². The molecule has 2 aromatic rings. The number of hydrogen-bond donors (Lipinski definition) is 1. The fourth-order valence-corrected chi connectivity index (χ4v) is 2.38. The molecule has 0 atom stereocenters. The van der Waals surface area contributed by atoms with Crippen LogP contribution >= 0.6 is 22.6 Å². The Balaban J connectivity index is 2.60. The number of aromatic nitrogens is 1. The van der Waals surface area contributed by atoms with Crippen molar-refractivity contribution in [1.29, 1.82) is 0 Å². The highest BCUT2D eigenvalue weighted by Gasteiger charge is 2.06. The van der Waals surface area contributed by atoms with Crippen LogP contribution in [0.25, 0.3) is 5.69 Å². The van der Waals surface area contributed by atoms with Crippen molar-refractivity contribution in [3.63, 3.8) is 0 Å².